The SMILES string of the molecule is CN=C(NCc1ccc(CN2CCCCC2)cc1)NCc1ccc(F)c(CO)c1. The van der Waals surface area contributed by atoms with Gasteiger partial charge in [-0.2, -0.15) is 0 Å². The molecule has 0 saturated carbocycles. The fourth-order valence-electron chi connectivity index (χ4n) is 3.59. The Morgan fingerprint density at radius 1 is 0.966 bits per heavy atom. The molecule has 1 aliphatic heterocycles. The zero-order valence-electron chi connectivity index (χ0n) is 17.1. The number of rotatable bonds is 7. The van der Waals surface area contributed by atoms with E-state index in [1.54, 1.807) is 19.2 Å². The molecule has 1 saturated heterocycles. The predicted molar refractivity (Wildman–Crippen MR) is 115 cm³/mol. The van der Waals surface area contributed by atoms with Gasteiger partial charge >= 0.3 is 0 Å². The van der Waals surface area contributed by atoms with E-state index in [9.17, 15) is 9.50 Å². The zero-order valence-corrected chi connectivity index (χ0v) is 17.1. The second-order valence-electron chi connectivity index (χ2n) is 7.52. The standard InChI is InChI=1S/C23H31FN4O/c1-25-23(27-15-20-9-10-22(24)21(13-20)17-29)26-14-18-5-7-19(8-6-18)16-28-11-3-2-4-12-28/h5-10,13,29H,2-4,11-12,14-17H2,1H3,(H2,25,26,27). The van der Waals surface area contributed by atoms with Crippen molar-refractivity contribution in [2.24, 2.45) is 4.99 Å². The molecule has 0 amide bonds. The molecule has 0 unspecified atom stereocenters. The molecule has 29 heavy (non-hydrogen) atoms. The van der Waals surface area contributed by atoms with Crippen molar-refractivity contribution in [2.75, 3.05) is 20.1 Å². The van der Waals surface area contributed by atoms with Gasteiger partial charge < -0.3 is 15.7 Å². The van der Waals surface area contributed by atoms with Gasteiger partial charge in [-0.1, -0.05) is 36.8 Å². The summed E-state index contributed by atoms with van der Waals surface area (Å²) in [5.74, 6) is 0.291. The second-order valence-corrected chi connectivity index (χ2v) is 7.52. The Hall–Kier alpha value is -2.44. The van der Waals surface area contributed by atoms with E-state index >= 15 is 0 Å². The molecule has 0 aromatic heterocycles. The van der Waals surface area contributed by atoms with Crippen molar-refractivity contribution in [1.29, 1.82) is 0 Å². The van der Waals surface area contributed by atoms with Crippen LogP contribution in [0.4, 0.5) is 4.39 Å². The highest BCUT2D eigenvalue weighted by atomic mass is 19.1. The van der Waals surface area contributed by atoms with Crippen molar-refractivity contribution in [3.05, 3.63) is 70.5 Å². The number of aliphatic hydroxyl groups excluding tert-OH is 1. The van der Waals surface area contributed by atoms with Crippen LogP contribution in [0.2, 0.25) is 0 Å². The molecule has 0 aliphatic carbocycles. The summed E-state index contributed by atoms with van der Waals surface area (Å²) in [4.78, 5) is 6.77. The van der Waals surface area contributed by atoms with Gasteiger partial charge in [-0.15, -0.1) is 0 Å². The number of halogens is 1. The van der Waals surface area contributed by atoms with Crippen LogP contribution < -0.4 is 10.6 Å². The van der Waals surface area contributed by atoms with Crippen molar-refractivity contribution in [3.8, 4) is 0 Å². The van der Waals surface area contributed by atoms with E-state index in [0.29, 0.717) is 24.6 Å². The van der Waals surface area contributed by atoms with Crippen LogP contribution in [0.3, 0.4) is 0 Å². The summed E-state index contributed by atoms with van der Waals surface area (Å²) < 4.78 is 13.5. The maximum atomic E-state index is 13.5. The summed E-state index contributed by atoms with van der Waals surface area (Å²) >= 11 is 0. The quantitative estimate of drug-likeness (QED) is 0.495. The van der Waals surface area contributed by atoms with Gasteiger partial charge in [-0.25, -0.2) is 4.39 Å². The first-order valence-electron chi connectivity index (χ1n) is 10.3. The molecule has 0 bridgehead atoms. The minimum atomic E-state index is -0.387. The lowest BCUT2D eigenvalue weighted by Crippen LogP contribution is -2.36. The highest BCUT2D eigenvalue weighted by molar-refractivity contribution is 5.79. The number of piperidine rings is 1. The Labute approximate surface area is 172 Å². The number of nitrogens with one attached hydrogen (secondary N) is 2. The third-order valence-corrected chi connectivity index (χ3v) is 5.30. The Kier molecular flexibility index (Phi) is 8.02. The lowest BCUT2D eigenvalue weighted by Gasteiger charge is -2.26. The average molecular weight is 399 g/mol. The van der Waals surface area contributed by atoms with Gasteiger partial charge in [0.2, 0.25) is 0 Å². The van der Waals surface area contributed by atoms with Crippen molar-refractivity contribution < 1.29 is 9.50 Å². The molecular formula is C23H31FN4O. The second kappa shape index (κ2) is 10.9. The third-order valence-electron chi connectivity index (χ3n) is 5.30. The number of hydrogen-bond donors (Lipinski definition) is 3. The molecule has 2 aromatic carbocycles. The molecule has 1 aliphatic rings. The number of aliphatic imine (C=N–C) groups is 1. The first kappa shape index (κ1) is 21.3. The Morgan fingerprint density at radius 3 is 2.24 bits per heavy atom. The summed E-state index contributed by atoms with van der Waals surface area (Å²) in [5.41, 5.74) is 3.74. The minimum absolute atomic E-state index is 0.303. The lowest BCUT2D eigenvalue weighted by atomic mass is 10.1. The summed E-state index contributed by atoms with van der Waals surface area (Å²) in [6.07, 6.45) is 3.99. The monoisotopic (exact) mass is 398 g/mol. The fraction of sp³-hybridized carbons (Fsp3) is 0.435. The van der Waals surface area contributed by atoms with Crippen molar-refractivity contribution in [1.82, 2.24) is 15.5 Å². The van der Waals surface area contributed by atoms with Gasteiger partial charge in [0.1, 0.15) is 5.82 Å². The van der Waals surface area contributed by atoms with Crippen molar-refractivity contribution in [2.45, 2.75) is 45.5 Å². The molecule has 5 nitrogen and oxygen atoms in total. The number of likely N-dealkylation sites (tertiary alicyclic amines) is 1. The number of guanidine groups is 1. The number of aliphatic hydroxyl groups is 1. The van der Waals surface area contributed by atoms with Crippen LogP contribution in [0, 0.1) is 5.82 Å². The molecule has 6 heteroatoms. The van der Waals surface area contributed by atoms with E-state index in [1.165, 1.54) is 49.5 Å². The van der Waals surface area contributed by atoms with Crippen LogP contribution in [-0.4, -0.2) is 36.1 Å². The Bertz CT molecular complexity index is 801. The molecule has 0 atom stereocenters. The molecule has 2 aromatic rings. The summed E-state index contributed by atoms with van der Waals surface area (Å²) in [5, 5.41) is 15.7. The summed E-state index contributed by atoms with van der Waals surface area (Å²) in [6, 6.07) is 13.5. The Balaban J connectivity index is 1.46. The molecular weight excluding hydrogens is 367 g/mol. The molecule has 3 rings (SSSR count). The predicted octanol–water partition coefficient (Wildman–Crippen LogP) is 3.17. The van der Waals surface area contributed by atoms with Gasteiger partial charge in [-0.3, -0.25) is 9.89 Å². The van der Waals surface area contributed by atoms with Crippen molar-refractivity contribution in [3.63, 3.8) is 0 Å². The molecule has 1 heterocycles. The highest BCUT2D eigenvalue weighted by Gasteiger charge is 2.10. The van der Waals surface area contributed by atoms with Crippen LogP contribution in [0.15, 0.2) is 47.5 Å². The van der Waals surface area contributed by atoms with Gasteiger partial charge in [0.25, 0.3) is 0 Å². The average Bonchev–Trinajstić information content (AvgIpc) is 2.76. The Morgan fingerprint density at radius 2 is 1.59 bits per heavy atom. The van der Waals surface area contributed by atoms with E-state index in [4.69, 9.17) is 0 Å². The fourth-order valence-corrected chi connectivity index (χ4v) is 3.59. The van der Waals surface area contributed by atoms with Crippen LogP contribution in [0.25, 0.3) is 0 Å². The molecule has 156 valence electrons. The highest BCUT2D eigenvalue weighted by Crippen LogP contribution is 2.14. The smallest absolute Gasteiger partial charge is 0.191 e. The van der Waals surface area contributed by atoms with E-state index < -0.39 is 0 Å². The first-order chi connectivity index (χ1) is 14.2. The molecule has 1 fully saturated rings. The molecule has 3 N–H and O–H groups in total. The van der Waals surface area contributed by atoms with Crippen LogP contribution in [-0.2, 0) is 26.2 Å². The minimum Gasteiger partial charge on any atom is -0.392 e. The molecule has 0 radical (unpaired) electrons. The number of nitrogens with zero attached hydrogens (tertiary/aromatic N) is 2. The summed E-state index contributed by atoms with van der Waals surface area (Å²) in [7, 11) is 1.72. The van der Waals surface area contributed by atoms with E-state index in [0.717, 1.165) is 12.1 Å². The number of hydrogen-bond acceptors (Lipinski definition) is 3. The lowest BCUT2D eigenvalue weighted by molar-refractivity contribution is 0.221. The third kappa shape index (κ3) is 6.54. The van der Waals surface area contributed by atoms with Crippen LogP contribution in [0.1, 0.15) is 41.5 Å². The maximum absolute atomic E-state index is 13.5. The van der Waals surface area contributed by atoms with Gasteiger partial charge in [-0.05, 0) is 54.8 Å². The van der Waals surface area contributed by atoms with E-state index in [1.807, 2.05) is 0 Å². The molecule has 0 spiro atoms. The van der Waals surface area contributed by atoms with Gasteiger partial charge in [0, 0.05) is 32.2 Å². The normalized spacial score (nSPS) is 15.3. The maximum Gasteiger partial charge on any atom is 0.191 e. The number of benzene rings is 2. The van der Waals surface area contributed by atoms with E-state index in [-0.39, 0.29) is 12.4 Å². The van der Waals surface area contributed by atoms with Gasteiger partial charge in [0.15, 0.2) is 5.96 Å². The van der Waals surface area contributed by atoms with Crippen LogP contribution in [0.5, 0.6) is 0 Å². The largest absolute Gasteiger partial charge is 0.392 e. The zero-order chi connectivity index (χ0) is 20.5. The van der Waals surface area contributed by atoms with Crippen molar-refractivity contribution >= 4 is 5.96 Å². The topological polar surface area (TPSA) is 59.9 Å². The summed E-state index contributed by atoms with van der Waals surface area (Å²) in [6.45, 7) is 4.32. The van der Waals surface area contributed by atoms with E-state index in [2.05, 4.69) is 44.8 Å². The van der Waals surface area contributed by atoms with Crippen LogP contribution >= 0.6 is 0 Å². The first-order valence-corrected chi connectivity index (χ1v) is 10.3. The van der Waals surface area contributed by atoms with Gasteiger partial charge in [0.05, 0.1) is 6.61 Å².